The van der Waals surface area contributed by atoms with Crippen LogP contribution in [-0.2, 0) is 25.5 Å². The summed E-state index contributed by atoms with van der Waals surface area (Å²) >= 11 is 1.18. The van der Waals surface area contributed by atoms with Crippen molar-refractivity contribution in [1.29, 1.82) is 0 Å². The van der Waals surface area contributed by atoms with Crippen molar-refractivity contribution in [3.8, 4) is 17.6 Å². The van der Waals surface area contributed by atoms with Crippen LogP contribution in [0.4, 0.5) is 33.3 Å². The first-order valence-electron chi connectivity index (χ1n) is 18.9. The van der Waals surface area contributed by atoms with Gasteiger partial charge < -0.3 is 40.8 Å². The summed E-state index contributed by atoms with van der Waals surface area (Å²) in [5, 5.41) is 9.32. The number of nitrogens with one attached hydrogen (secondary N) is 3. The summed E-state index contributed by atoms with van der Waals surface area (Å²) in [6.07, 6.45) is 0.354. The minimum atomic E-state index is -4.49. The highest BCUT2D eigenvalue weighted by atomic mass is 32.1. The highest BCUT2D eigenvalue weighted by Crippen LogP contribution is 2.42. The molecule has 3 fully saturated rings. The number of rotatable bonds is 14. The number of esters is 1. The number of alkyl halides is 5. The number of carbonyl (C=O) groups excluding carboxylic acids is 3. The van der Waals surface area contributed by atoms with E-state index in [0.29, 0.717) is 21.5 Å². The number of piperidine rings is 1. The van der Waals surface area contributed by atoms with E-state index in [4.69, 9.17) is 10.5 Å². The largest absolute Gasteiger partial charge is 0.467 e. The molecule has 57 heavy (non-hydrogen) atoms. The summed E-state index contributed by atoms with van der Waals surface area (Å²) in [4.78, 5) is 39.1. The van der Waals surface area contributed by atoms with E-state index in [1.165, 1.54) is 36.3 Å². The Hall–Kier alpha value is -4.66. The van der Waals surface area contributed by atoms with Crippen molar-refractivity contribution >= 4 is 50.6 Å². The molecular formula is C40H46F5N5O6S. The number of fused-ring (bicyclic) bond motifs is 1. The molecule has 308 valence electrons. The van der Waals surface area contributed by atoms with E-state index >= 15 is 0 Å². The monoisotopic (exact) mass is 819 g/mol. The molecule has 2 amide bonds. The number of benzene rings is 2. The third kappa shape index (κ3) is 10.8. The fraction of sp³-hybridized carbons (Fsp3) is 0.525. The van der Waals surface area contributed by atoms with Crippen LogP contribution in [0.15, 0.2) is 36.4 Å². The lowest BCUT2D eigenvalue weighted by atomic mass is 9.76. The molecule has 0 bridgehead atoms. The van der Waals surface area contributed by atoms with Crippen molar-refractivity contribution in [2.75, 3.05) is 50.6 Å². The van der Waals surface area contributed by atoms with E-state index in [2.05, 4.69) is 42.2 Å². The van der Waals surface area contributed by atoms with Crippen LogP contribution in [0.3, 0.4) is 0 Å². The summed E-state index contributed by atoms with van der Waals surface area (Å²) in [6.45, 7) is 0.524. The molecule has 11 nitrogen and oxygen atoms in total. The molecule has 3 aliphatic rings. The fourth-order valence-corrected chi connectivity index (χ4v) is 8.97. The number of nitrogens with two attached hydrogens (primary N) is 1. The van der Waals surface area contributed by atoms with Gasteiger partial charge in [0.1, 0.15) is 11.8 Å². The van der Waals surface area contributed by atoms with Gasteiger partial charge in [0.2, 0.25) is 5.91 Å². The number of thiophene rings is 1. The standard InChI is InChI=1S/C40H46F5N5O6S/c1-54-37(53)31(13-14-34(46)51)49-36(52)24-7-12-29(32(20-24)56-38(41)42)47-17-3-6-33-28(21-40(43,44)45)27-4-2-5-30(35(27)57-33)48-25-8-10-26(11-9-25)50-18-15-39(16-19-50)22-55-23-39/h2,4-5,7,12,20,25-26,31,38,47-48H,8-11,13-19,21-23H2,1H3,(H2,46,51)(H,49,52). The second-order valence-corrected chi connectivity index (χ2v) is 15.9. The molecule has 1 spiro atoms. The summed E-state index contributed by atoms with van der Waals surface area (Å²) in [5.74, 6) is 2.89. The van der Waals surface area contributed by atoms with E-state index in [1.54, 1.807) is 12.1 Å². The normalized spacial score (nSPS) is 19.9. The Morgan fingerprint density at radius 3 is 2.44 bits per heavy atom. The molecule has 2 aliphatic heterocycles. The van der Waals surface area contributed by atoms with Crippen LogP contribution < -0.4 is 26.4 Å². The third-order valence-corrected chi connectivity index (χ3v) is 12.1. The van der Waals surface area contributed by atoms with Gasteiger partial charge in [-0.3, -0.25) is 9.59 Å². The lowest BCUT2D eigenvalue weighted by molar-refractivity contribution is -0.143. The predicted octanol–water partition coefficient (Wildman–Crippen LogP) is 6.44. The Morgan fingerprint density at radius 1 is 1.07 bits per heavy atom. The van der Waals surface area contributed by atoms with Crippen LogP contribution in [0.5, 0.6) is 5.75 Å². The summed E-state index contributed by atoms with van der Waals surface area (Å²) in [6, 6.07) is 8.41. The summed E-state index contributed by atoms with van der Waals surface area (Å²) in [7, 11) is 1.10. The molecule has 0 radical (unpaired) electrons. The van der Waals surface area contributed by atoms with Crippen LogP contribution in [0, 0.1) is 17.3 Å². The summed E-state index contributed by atoms with van der Waals surface area (Å²) < 4.78 is 83.9. The number of halogens is 5. The zero-order chi connectivity index (χ0) is 40.7. The Labute approximate surface area is 331 Å². The van der Waals surface area contributed by atoms with Crippen LogP contribution in [0.2, 0.25) is 0 Å². The van der Waals surface area contributed by atoms with Gasteiger partial charge in [-0.15, -0.1) is 11.3 Å². The van der Waals surface area contributed by atoms with Crippen LogP contribution in [-0.4, -0.2) is 93.6 Å². The molecule has 1 aliphatic carbocycles. The maximum absolute atomic E-state index is 13.9. The zero-order valence-electron chi connectivity index (χ0n) is 31.4. The molecule has 3 heterocycles. The SMILES string of the molecule is COC(=O)C(CCC(N)=O)NC(=O)c1ccc(NCC#Cc2sc3c(NC4CCC(N5CCC6(CC5)COC6)CC4)cccc3c2CC(F)(F)F)c(OC(F)F)c1. The molecule has 1 aromatic heterocycles. The second kappa shape index (κ2) is 18.3. The highest BCUT2D eigenvalue weighted by molar-refractivity contribution is 7.20. The van der Waals surface area contributed by atoms with Gasteiger partial charge in [-0.2, -0.15) is 22.0 Å². The number of anilines is 2. The number of carbonyl (C=O) groups is 3. The minimum Gasteiger partial charge on any atom is -0.467 e. The van der Waals surface area contributed by atoms with Gasteiger partial charge in [-0.05, 0) is 93.3 Å². The third-order valence-electron chi connectivity index (χ3n) is 10.9. The van der Waals surface area contributed by atoms with Gasteiger partial charge in [0.05, 0.1) is 54.2 Å². The van der Waals surface area contributed by atoms with Gasteiger partial charge in [-0.25, -0.2) is 4.79 Å². The predicted molar refractivity (Wildman–Crippen MR) is 205 cm³/mol. The van der Waals surface area contributed by atoms with Gasteiger partial charge >= 0.3 is 18.8 Å². The first kappa shape index (κ1) is 42.0. The average molecular weight is 820 g/mol. The lowest BCUT2D eigenvalue weighted by Gasteiger charge is -2.49. The highest BCUT2D eigenvalue weighted by Gasteiger charge is 2.42. The Balaban J connectivity index is 1.13. The molecule has 5 N–H and O–H groups in total. The molecule has 2 saturated heterocycles. The summed E-state index contributed by atoms with van der Waals surface area (Å²) in [5.41, 5.74) is 6.26. The van der Waals surface area contributed by atoms with Crippen molar-refractivity contribution in [3.05, 3.63) is 52.4 Å². The van der Waals surface area contributed by atoms with Crippen LogP contribution in [0.25, 0.3) is 10.1 Å². The number of methoxy groups -OCH3 is 1. The smallest absolute Gasteiger partial charge is 0.393 e. The van der Waals surface area contributed by atoms with E-state index < -0.39 is 48.8 Å². The molecular weight excluding hydrogens is 774 g/mol. The Kier molecular flexibility index (Phi) is 13.5. The van der Waals surface area contributed by atoms with Crippen molar-refractivity contribution < 1.29 is 50.5 Å². The number of ether oxygens (including phenoxy) is 3. The molecule has 1 unspecified atom stereocenters. The molecule has 1 atom stereocenters. The first-order chi connectivity index (χ1) is 27.2. The fourth-order valence-electron chi connectivity index (χ4n) is 7.80. The topological polar surface area (TPSA) is 144 Å². The average Bonchev–Trinajstić information content (AvgIpc) is 3.50. The van der Waals surface area contributed by atoms with Gasteiger partial charge in [0.25, 0.3) is 5.91 Å². The van der Waals surface area contributed by atoms with Gasteiger partial charge in [0, 0.05) is 29.5 Å². The second-order valence-electron chi connectivity index (χ2n) is 14.9. The number of nitrogens with zero attached hydrogens (tertiary/aromatic N) is 1. The van der Waals surface area contributed by atoms with Crippen molar-refractivity contribution in [2.45, 2.75) is 88.7 Å². The Morgan fingerprint density at radius 2 is 1.81 bits per heavy atom. The van der Waals surface area contributed by atoms with Crippen molar-refractivity contribution in [2.24, 2.45) is 11.1 Å². The maximum Gasteiger partial charge on any atom is 0.393 e. The van der Waals surface area contributed by atoms with Crippen molar-refractivity contribution in [1.82, 2.24) is 10.2 Å². The maximum atomic E-state index is 13.9. The van der Waals surface area contributed by atoms with E-state index in [1.807, 2.05) is 6.07 Å². The quantitative estimate of drug-likeness (QED) is 0.0821. The zero-order valence-corrected chi connectivity index (χ0v) is 32.3. The Bertz CT molecular complexity index is 1980. The molecule has 1 saturated carbocycles. The number of likely N-dealkylation sites (tertiary alicyclic amines) is 1. The van der Waals surface area contributed by atoms with Crippen LogP contribution in [0.1, 0.15) is 72.2 Å². The minimum absolute atomic E-state index is 0.0321. The van der Waals surface area contributed by atoms with E-state index in [0.717, 1.165) is 70.9 Å². The van der Waals surface area contributed by atoms with Crippen molar-refractivity contribution in [3.63, 3.8) is 0 Å². The van der Waals surface area contributed by atoms with E-state index in [9.17, 15) is 36.3 Å². The molecule has 3 aromatic rings. The van der Waals surface area contributed by atoms with E-state index in [-0.39, 0.29) is 47.1 Å². The first-order valence-corrected chi connectivity index (χ1v) is 19.7. The van der Waals surface area contributed by atoms with Gasteiger partial charge in [-0.1, -0.05) is 24.0 Å². The number of hydrogen-bond acceptors (Lipinski definition) is 10. The lowest BCUT2D eigenvalue weighted by Crippen LogP contribution is -2.53. The molecule has 2 aromatic carbocycles. The molecule has 6 rings (SSSR count). The van der Waals surface area contributed by atoms with Crippen LogP contribution >= 0.6 is 11.3 Å². The number of amides is 2. The number of hydrogen-bond donors (Lipinski definition) is 4. The molecule has 17 heteroatoms. The number of primary amides is 1. The van der Waals surface area contributed by atoms with Gasteiger partial charge in [0.15, 0.2) is 0 Å².